The van der Waals surface area contributed by atoms with Crippen LogP contribution < -0.4 is 9.64 Å². The van der Waals surface area contributed by atoms with E-state index >= 15 is 0 Å². The molecule has 140 valence electrons. The van der Waals surface area contributed by atoms with Gasteiger partial charge in [-0.3, -0.25) is 14.5 Å². The molecule has 0 radical (unpaired) electrons. The highest BCUT2D eigenvalue weighted by Crippen LogP contribution is 2.65. The monoisotopic (exact) mass is 371 g/mol. The minimum atomic E-state index is -0.158. The maximum absolute atomic E-state index is 13.2. The number of ether oxygens (including phenoxy) is 1. The summed E-state index contributed by atoms with van der Waals surface area (Å²) in [5.41, 5.74) is 1.82. The van der Waals surface area contributed by atoms with Gasteiger partial charge in [0.2, 0.25) is 11.8 Å². The highest BCUT2D eigenvalue weighted by molar-refractivity contribution is 6.22. The van der Waals surface area contributed by atoms with Crippen LogP contribution in [0.3, 0.4) is 0 Å². The SMILES string of the molecule is Cc1ccc(Oc2ccc(N3C(=O)[C@@H]4[C@H]5C=C[C@@H]([C@@H]6C[C@H]56)[C@H]4C3=O)cc2)cc1. The first kappa shape index (κ1) is 16.1. The minimum Gasteiger partial charge on any atom is -0.457 e. The maximum atomic E-state index is 13.2. The van der Waals surface area contributed by atoms with Gasteiger partial charge in [0.25, 0.3) is 0 Å². The Morgan fingerprint density at radius 3 is 1.82 bits per heavy atom. The van der Waals surface area contributed by atoms with Crippen molar-refractivity contribution in [1.82, 2.24) is 0 Å². The summed E-state index contributed by atoms with van der Waals surface area (Å²) < 4.78 is 5.86. The van der Waals surface area contributed by atoms with Gasteiger partial charge in [-0.05, 0) is 73.4 Å². The molecule has 3 fully saturated rings. The van der Waals surface area contributed by atoms with Gasteiger partial charge in [-0.2, -0.15) is 0 Å². The van der Waals surface area contributed by atoms with E-state index in [1.54, 1.807) is 0 Å². The zero-order valence-corrected chi connectivity index (χ0v) is 15.6. The second-order valence-corrected chi connectivity index (χ2v) is 8.58. The zero-order valence-electron chi connectivity index (χ0n) is 15.6. The number of nitrogens with zero attached hydrogens (tertiary/aromatic N) is 1. The van der Waals surface area contributed by atoms with Crippen LogP contribution in [-0.4, -0.2) is 11.8 Å². The zero-order chi connectivity index (χ0) is 19.0. The topological polar surface area (TPSA) is 46.6 Å². The van der Waals surface area contributed by atoms with Crippen molar-refractivity contribution in [2.45, 2.75) is 13.3 Å². The predicted molar refractivity (Wildman–Crippen MR) is 105 cm³/mol. The Morgan fingerprint density at radius 2 is 1.29 bits per heavy atom. The van der Waals surface area contributed by atoms with Gasteiger partial charge in [0.15, 0.2) is 0 Å². The van der Waals surface area contributed by atoms with Gasteiger partial charge in [0.05, 0.1) is 17.5 Å². The number of carbonyl (C=O) groups is 2. The van der Waals surface area contributed by atoms with Crippen molar-refractivity contribution in [1.29, 1.82) is 0 Å². The molecule has 4 aliphatic carbocycles. The molecule has 1 aliphatic heterocycles. The highest BCUT2D eigenvalue weighted by atomic mass is 16.5. The molecule has 0 spiro atoms. The third kappa shape index (κ3) is 2.17. The molecule has 2 saturated carbocycles. The van der Waals surface area contributed by atoms with Gasteiger partial charge >= 0.3 is 0 Å². The number of imide groups is 1. The van der Waals surface area contributed by atoms with Crippen molar-refractivity contribution in [2.24, 2.45) is 35.5 Å². The van der Waals surface area contributed by atoms with E-state index in [0.29, 0.717) is 23.3 Å². The lowest BCUT2D eigenvalue weighted by atomic mass is 9.63. The third-order valence-corrected chi connectivity index (χ3v) is 7.01. The van der Waals surface area contributed by atoms with E-state index in [2.05, 4.69) is 12.2 Å². The van der Waals surface area contributed by atoms with Gasteiger partial charge in [0, 0.05) is 0 Å². The first-order valence-corrected chi connectivity index (χ1v) is 10.0. The van der Waals surface area contributed by atoms with Crippen molar-refractivity contribution in [3.05, 3.63) is 66.2 Å². The fourth-order valence-electron chi connectivity index (χ4n) is 5.62. The molecular formula is C24H21NO3. The van der Waals surface area contributed by atoms with Crippen LogP contribution in [0.4, 0.5) is 5.69 Å². The Balaban J connectivity index is 1.26. The normalized spacial score (nSPS) is 34.4. The first-order valence-electron chi connectivity index (χ1n) is 10.0. The molecule has 4 nitrogen and oxygen atoms in total. The first-order chi connectivity index (χ1) is 13.6. The second kappa shape index (κ2) is 5.57. The average molecular weight is 371 g/mol. The molecular weight excluding hydrogens is 350 g/mol. The summed E-state index contributed by atoms with van der Waals surface area (Å²) in [6, 6.07) is 15.1. The fourth-order valence-corrected chi connectivity index (χ4v) is 5.62. The van der Waals surface area contributed by atoms with Crippen LogP contribution in [0.2, 0.25) is 0 Å². The van der Waals surface area contributed by atoms with Crippen molar-refractivity contribution < 1.29 is 14.3 Å². The predicted octanol–water partition coefficient (Wildman–Crippen LogP) is 4.34. The number of benzene rings is 2. The Morgan fingerprint density at radius 1 is 0.786 bits per heavy atom. The van der Waals surface area contributed by atoms with Gasteiger partial charge in [-0.15, -0.1) is 0 Å². The smallest absolute Gasteiger partial charge is 0.238 e. The molecule has 6 atom stereocenters. The van der Waals surface area contributed by atoms with Crippen molar-refractivity contribution >= 4 is 17.5 Å². The van der Waals surface area contributed by atoms with Crippen molar-refractivity contribution in [3.8, 4) is 11.5 Å². The van der Waals surface area contributed by atoms with Crippen molar-refractivity contribution in [2.75, 3.05) is 4.90 Å². The van der Waals surface area contributed by atoms with Crippen LogP contribution in [0.15, 0.2) is 60.7 Å². The molecule has 0 N–H and O–H groups in total. The standard InChI is InChI=1S/C24H21NO3/c1-13-2-6-15(7-3-13)28-16-8-4-14(5-9-16)25-23(26)21-17-10-11-18(20-12-19(17)20)22(21)24(25)27/h2-11,17-22H,12H2,1H3/t17-,18-,19-,20+,21+,22+/m0/s1. The molecule has 2 bridgehead atoms. The summed E-state index contributed by atoms with van der Waals surface area (Å²) in [4.78, 5) is 27.7. The molecule has 2 amide bonds. The molecule has 0 aromatic heterocycles. The van der Waals surface area contributed by atoms with Crippen LogP contribution in [0.25, 0.3) is 0 Å². The number of anilines is 1. The number of amides is 2. The molecule has 2 aromatic carbocycles. The number of hydrogen-bond acceptors (Lipinski definition) is 3. The summed E-state index contributed by atoms with van der Waals surface area (Å²) in [5, 5.41) is 0. The fraction of sp³-hybridized carbons (Fsp3) is 0.333. The maximum Gasteiger partial charge on any atom is 0.238 e. The van der Waals surface area contributed by atoms with Gasteiger partial charge in [-0.25, -0.2) is 0 Å². The molecule has 1 saturated heterocycles. The number of carbonyl (C=O) groups excluding carboxylic acids is 2. The van der Waals surface area contributed by atoms with E-state index in [1.165, 1.54) is 16.9 Å². The Labute approximate surface area is 163 Å². The summed E-state index contributed by atoms with van der Waals surface area (Å²) in [7, 11) is 0. The Kier molecular flexibility index (Phi) is 3.20. The quantitative estimate of drug-likeness (QED) is 0.595. The summed E-state index contributed by atoms with van der Waals surface area (Å²) in [6.07, 6.45) is 5.58. The summed E-state index contributed by atoms with van der Waals surface area (Å²) in [5.74, 6) is 2.85. The highest BCUT2D eigenvalue weighted by Gasteiger charge is 2.67. The molecule has 4 heteroatoms. The van der Waals surface area contributed by atoms with E-state index in [-0.39, 0.29) is 35.5 Å². The Bertz CT molecular complexity index is 971. The van der Waals surface area contributed by atoms with Crippen LogP contribution >= 0.6 is 0 Å². The molecule has 1 heterocycles. The van der Waals surface area contributed by atoms with Crippen molar-refractivity contribution in [3.63, 3.8) is 0 Å². The van der Waals surface area contributed by atoms with E-state index in [4.69, 9.17) is 4.74 Å². The molecule has 28 heavy (non-hydrogen) atoms. The number of hydrogen-bond donors (Lipinski definition) is 0. The number of allylic oxidation sites excluding steroid dienone is 2. The lowest BCUT2D eigenvalue weighted by molar-refractivity contribution is -0.124. The van der Waals surface area contributed by atoms with E-state index in [9.17, 15) is 9.59 Å². The average Bonchev–Trinajstić information content (AvgIpc) is 3.49. The molecule has 0 unspecified atom stereocenters. The van der Waals surface area contributed by atoms with Gasteiger partial charge in [-0.1, -0.05) is 29.8 Å². The lowest BCUT2D eigenvalue weighted by Crippen LogP contribution is -2.40. The third-order valence-electron chi connectivity index (χ3n) is 7.01. The minimum absolute atomic E-state index is 0.0214. The van der Waals surface area contributed by atoms with Crippen LogP contribution in [-0.2, 0) is 9.59 Å². The molecule has 5 aliphatic rings. The molecule has 7 rings (SSSR count). The van der Waals surface area contributed by atoms with Crippen LogP contribution in [0.1, 0.15) is 12.0 Å². The van der Waals surface area contributed by atoms with Gasteiger partial charge < -0.3 is 4.74 Å². The Hall–Kier alpha value is -2.88. The summed E-state index contributed by atoms with van der Waals surface area (Å²) in [6.45, 7) is 2.03. The number of rotatable bonds is 3. The summed E-state index contributed by atoms with van der Waals surface area (Å²) >= 11 is 0. The largest absolute Gasteiger partial charge is 0.457 e. The van der Waals surface area contributed by atoms with E-state index < -0.39 is 0 Å². The van der Waals surface area contributed by atoms with Crippen LogP contribution in [0, 0.1) is 42.4 Å². The van der Waals surface area contributed by atoms with E-state index in [1.807, 2.05) is 55.5 Å². The molecule has 2 aromatic rings. The van der Waals surface area contributed by atoms with Gasteiger partial charge in [0.1, 0.15) is 11.5 Å². The number of aryl methyl sites for hydroxylation is 1. The van der Waals surface area contributed by atoms with E-state index in [0.717, 1.165) is 5.75 Å². The van der Waals surface area contributed by atoms with Crippen LogP contribution in [0.5, 0.6) is 11.5 Å². The lowest BCUT2D eigenvalue weighted by Gasteiger charge is -2.37. The second-order valence-electron chi connectivity index (χ2n) is 8.58.